The Labute approximate surface area is 170 Å². The number of ether oxygens (including phenoxy) is 2. The van der Waals surface area contributed by atoms with E-state index in [9.17, 15) is 10.2 Å². The number of nitrogens with zero attached hydrogens (tertiary/aromatic N) is 1. The second-order valence-electron chi connectivity index (χ2n) is 6.74. The molecule has 0 aromatic heterocycles. The van der Waals surface area contributed by atoms with Crippen LogP contribution in [0.4, 0.5) is 5.69 Å². The fourth-order valence-electron chi connectivity index (χ4n) is 3.33. The number of hydrogen-bond acceptors (Lipinski definition) is 5. The van der Waals surface area contributed by atoms with E-state index in [1.54, 1.807) is 6.08 Å². The maximum Gasteiger partial charge on any atom is 0.189 e. The van der Waals surface area contributed by atoms with Gasteiger partial charge >= 0.3 is 0 Å². The highest BCUT2D eigenvalue weighted by Gasteiger charge is 2.25. The Hall–Kier alpha value is -3.44. The summed E-state index contributed by atoms with van der Waals surface area (Å²) in [5.41, 5.74) is 1.87. The number of rotatable bonds is 7. The molecule has 0 saturated carbocycles. The molecule has 0 aliphatic carbocycles. The van der Waals surface area contributed by atoms with E-state index in [0.717, 1.165) is 17.0 Å². The second-order valence-corrected chi connectivity index (χ2v) is 6.74. The van der Waals surface area contributed by atoms with Crippen LogP contribution in [-0.4, -0.2) is 23.0 Å². The van der Waals surface area contributed by atoms with Gasteiger partial charge in [0.2, 0.25) is 0 Å². The third-order valence-corrected chi connectivity index (χ3v) is 4.75. The topological polar surface area (TPSA) is 62.2 Å². The molecule has 0 bridgehead atoms. The zero-order chi connectivity index (χ0) is 20.1. The molecule has 0 spiro atoms. The number of fused-ring (bicyclic) bond motifs is 1. The predicted octanol–water partition coefficient (Wildman–Crippen LogP) is 5.03. The Balaban J connectivity index is 1.41. The standard InChI is InChI=1S/C24H23NO4/c26-23-15-14-18-8-4-5-11-20(18)25(23)24(27)16-17-28-21-12-6-7-13-22(21)29-19-9-2-1-3-10-19/h1-13,15,24,26-27H,14,16-17H2. The van der Waals surface area contributed by atoms with Gasteiger partial charge in [-0.3, -0.25) is 4.90 Å². The van der Waals surface area contributed by atoms with Gasteiger partial charge in [-0.05, 0) is 48.4 Å². The van der Waals surface area contributed by atoms with Gasteiger partial charge in [-0.15, -0.1) is 0 Å². The van der Waals surface area contributed by atoms with Crippen molar-refractivity contribution in [3.8, 4) is 17.2 Å². The first-order valence-corrected chi connectivity index (χ1v) is 9.61. The van der Waals surface area contributed by atoms with Gasteiger partial charge in [0.25, 0.3) is 0 Å². The summed E-state index contributed by atoms with van der Waals surface area (Å²) >= 11 is 0. The van der Waals surface area contributed by atoms with Crippen molar-refractivity contribution >= 4 is 5.69 Å². The van der Waals surface area contributed by atoms with Gasteiger partial charge in [-0.2, -0.15) is 0 Å². The lowest BCUT2D eigenvalue weighted by Gasteiger charge is -2.33. The highest BCUT2D eigenvalue weighted by atomic mass is 16.5. The van der Waals surface area contributed by atoms with E-state index < -0.39 is 6.23 Å². The van der Waals surface area contributed by atoms with Crippen LogP contribution in [0.1, 0.15) is 12.0 Å². The van der Waals surface area contributed by atoms with Crippen LogP contribution in [0, 0.1) is 0 Å². The Bertz CT molecular complexity index is 987. The maximum absolute atomic E-state index is 10.7. The van der Waals surface area contributed by atoms with Crippen LogP contribution >= 0.6 is 0 Å². The highest BCUT2D eigenvalue weighted by Crippen LogP contribution is 2.33. The van der Waals surface area contributed by atoms with Crippen molar-refractivity contribution < 1.29 is 19.7 Å². The van der Waals surface area contributed by atoms with Crippen LogP contribution in [0.25, 0.3) is 0 Å². The summed E-state index contributed by atoms with van der Waals surface area (Å²) in [5, 5.41) is 21.0. The first-order valence-electron chi connectivity index (χ1n) is 9.61. The molecule has 1 aliphatic rings. The Morgan fingerprint density at radius 1 is 0.862 bits per heavy atom. The SMILES string of the molecule is OC1=CCc2ccccc2N1C(O)CCOc1ccccc1Oc1ccccc1. The third kappa shape index (κ3) is 4.36. The lowest BCUT2D eigenvalue weighted by molar-refractivity contribution is 0.127. The van der Waals surface area contributed by atoms with Crippen molar-refractivity contribution in [3.05, 3.63) is 96.4 Å². The molecule has 5 heteroatoms. The Morgan fingerprint density at radius 3 is 2.38 bits per heavy atom. The molecule has 1 heterocycles. The summed E-state index contributed by atoms with van der Waals surface area (Å²) in [6.45, 7) is 0.266. The predicted molar refractivity (Wildman–Crippen MR) is 112 cm³/mol. The van der Waals surface area contributed by atoms with Crippen molar-refractivity contribution in [2.45, 2.75) is 19.1 Å². The molecule has 148 valence electrons. The van der Waals surface area contributed by atoms with E-state index in [0.29, 0.717) is 24.3 Å². The number of anilines is 1. The molecule has 1 aliphatic heterocycles. The van der Waals surface area contributed by atoms with Crippen molar-refractivity contribution in [2.24, 2.45) is 0 Å². The van der Waals surface area contributed by atoms with E-state index in [2.05, 4.69) is 0 Å². The minimum Gasteiger partial charge on any atom is -0.495 e. The fourth-order valence-corrected chi connectivity index (χ4v) is 3.33. The Morgan fingerprint density at radius 2 is 1.55 bits per heavy atom. The average molecular weight is 389 g/mol. The third-order valence-electron chi connectivity index (χ3n) is 4.75. The van der Waals surface area contributed by atoms with Gasteiger partial charge in [0.05, 0.1) is 6.61 Å². The average Bonchev–Trinajstić information content (AvgIpc) is 2.75. The molecule has 1 atom stereocenters. The monoisotopic (exact) mass is 389 g/mol. The largest absolute Gasteiger partial charge is 0.495 e. The summed E-state index contributed by atoms with van der Waals surface area (Å²) in [5.74, 6) is 1.99. The van der Waals surface area contributed by atoms with Gasteiger partial charge in [-0.1, -0.05) is 48.5 Å². The molecule has 3 aromatic rings. The molecule has 0 saturated heterocycles. The van der Waals surface area contributed by atoms with Gasteiger partial charge in [0.15, 0.2) is 17.4 Å². The quantitative estimate of drug-likeness (QED) is 0.594. The number of para-hydroxylation sites is 4. The summed E-state index contributed by atoms with van der Waals surface area (Å²) in [6.07, 6.45) is 1.75. The van der Waals surface area contributed by atoms with E-state index in [1.165, 1.54) is 4.90 Å². The maximum atomic E-state index is 10.7. The molecule has 0 amide bonds. The number of benzene rings is 3. The fraction of sp³-hybridized carbons (Fsp3) is 0.167. The van der Waals surface area contributed by atoms with Crippen molar-refractivity contribution in [1.29, 1.82) is 0 Å². The molecule has 5 nitrogen and oxygen atoms in total. The minimum atomic E-state index is -0.907. The van der Waals surface area contributed by atoms with Crippen LogP contribution in [0.5, 0.6) is 17.2 Å². The number of hydrogen-bond donors (Lipinski definition) is 2. The smallest absolute Gasteiger partial charge is 0.189 e. The first kappa shape index (κ1) is 18.9. The summed E-state index contributed by atoms with van der Waals surface area (Å²) < 4.78 is 11.8. The van der Waals surface area contributed by atoms with Crippen LogP contribution in [0.3, 0.4) is 0 Å². The first-order chi connectivity index (χ1) is 14.2. The van der Waals surface area contributed by atoms with E-state index >= 15 is 0 Å². The van der Waals surface area contributed by atoms with Crippen molar-refractivity contribution in [3.63, 3.8) is 0 Å². The van der Waals surface area contributed by atoms with E-state index in [-0.39, 0.29) is 12.5 Å². The molecule has 0 radical (unpaired) electrons. The molecule has 29 heavy (non-hydrogen) atoms. The number of allylic oxidation sites excluding steroid dienone is 1. The molecule has 2 N–H and O–H groups in total. The van der Waals surface area contributed by atoms with Crippen LogP contribution in [0.15, 0.2) is 90.8 Å². The molecule has 4 rings (SSSR count). The summed E-state index contributed by atoms with van der Waals surface area (Å²) in [7, 11) is 0. The summed E-state index contributed by atoms with van der Waals surface area (Å²) in [6, 6.07) is 24.7. The zero-order valence-corrected chi connectivity index (χ0v) is 15.9. The lowest BCUT2D eigenvalue weighted by Crippen LogP contribution is -2.37. The van der Waals surface area contributed by atoms with Gasteiger partial charge in [0, 0.05) is 12.1 Å². The van der Waals surface area contributed by atoms with Gasteiger partial charge < -0.3 is 19.7 Å². The summed E-state index contributed by atoms with van der Waals surface area (Å²) in [4.78, 5) is 1.54. The van der Waals surface area contributed by atoms with Gasteiger partial charge in [0.1, 0.15) is 12.0 Å². The highest BCUT2D eigenvalue weighted by molar-refractivity contribution is 5.60. The Kier molecular flexibility index (Phi) is 5.68. The van der Waals surface area contributed by atoms with Crippen LogP contribution in [-0.2, 0) is 6.42 Å². The number of aliphatic hydroxyl groups is 2. The lowest BCUT2D eigenvalue weighted by atomic mass is 10.0. The van der Waals surface area contributed by atoms with Gasteiger partial charge in [-0.25, -0.2) is 0 Å². The number of aliphatic hydroxyl groups excluding tert-OH is 2. The molecule has 3 aromatic carbocycles. The second kappa shape index (κ2) is 8.71. The molecule has 1 unspecified atom stereocenters. The molecular weight excluding hydrogens is 366 g/mol. The van der Waals surface area contributed by atoms with E-state index in [1.807, 2.05) is 78.9 Å². The normalized spacial score (nSPS) is 14.0. The van der Waals surface area contributed by atoms with Crippen LogP contribution in [0.2, 0.25) is 0 Å². The molecular formula is C24H23NO4. The molecule has 0 fully saturated rings. The van der Waals surface area contributed by atoms with Crippen molar-refractivity contribution in [2.75, 3.05) is 11.5 Å². The van der Waals surface area contributed by atoms with Crippen LogP contribution < -0.4 is 14.4 Å². The van der Waals surface area contributed by atoms with E-state index in [4.69, 9.17) is 9.47 Å². The van der Waals surface area contributed by atoms with Crippen molar-refractivity contribution in [1.82, 2.24) is 0 Å². The minimum absolute atomic E-state index is 0.0593. The zero-order valence-electron chi connectivity index (χ0n) is 15.9.